The van der Waals surface area contributed by atoms with Crippen LogP contribution in [0.3, 0.4) is 0 Å². The molecule has 1 unspecified atom stereocenters. The van der Waals surface area contributed by atoms with Crippen LogP contribution < -0.4 is 9.64 Å². The van der Waals surface area contributed by atoms with Gasteiger partial charge in [0.05, 0.1) is 12.7 Å². The van der Waals surface area contributed by atoms with Crippen LogP contribution in [0.25, 0.3) is 0 Å². The van der Waals surface area contributed by atoms with Gasteiger partial charge in [-0.2, -0.15) is 0 Å². The van der Waals surface area contributed by atoms with Crippen molar-refractivity contribution < 1.29 is 14.3 Å². The minimum absolute atomic E-state index is 0.000535. The number of ether oxygens (including phenoxy) is 1. The van der Waals surface area contributed by atoms with Crippen LogP contribution >= 0.6 is 0 Å². The lowest BCUT2D eigenvalue weighted by Gasteiger charge is -2.17. The molecule has 2 rings (SSSR count). The van der Waals surface area contributed by atoms with Crippen molar-refractivity contribution in [3.8, 4) is 18.1 Å². The summed E-state index contributed by atoms with van der Waals surface area (Å²) < 4.78 is 5.20. The number of terminal acetylenes is 1. The Kier molecular flexibility index (Phi) is 3.57. The Hall–Kier alpha value is -2.28. The summed E-state index contributed by atoms with van der Waals surface area (Å²) in [5.41, 5.74) is 1.22. The van der Waals surface area contributed by atoms with E-state index in [0.29, 0.717) is 30.0 Å². The molecule has 4 nitrogen and oxygen atoms in total. The molecule has 0 spiro atoms. The Morgan fingerprint density at radius 3 is 2.79 bits per heavy atom. The van der Waals surface area contributed by atoms with E-state index in [1.165, 1.54) is 14.0 Å². The molecule has 1 heterocycles. The van der Waals surface area contributed by atoms with Gasteiger partial charge >= 0.3 is 0 Å². The molecular weight excluding hydrogens is 242 g/mol. The maximum atomic E-state index is 11.9. The molecule has 1 aromatic carbocycles. The average molecular weight is 257 g/mol. The van der Waals surface area contributed by atoms with Gasteiger partial charge in [-0.15, -0.1) is 12.3 Å². The number of carbonyl (C=O) groups is 2. The van der Waals surface area contributed by atoms with Gasteiger partial charge in [-0.3, -0.25) is 9.59 Å². The highest BCUT2D eigenvalue weighted by Gasteiger charge is 2.29. The highest BCUT2D eigenvalue weighted by Crippen LogP contribution is 2.30. The van der Waals surface area contributed by atoms with Crippen LogP contribution in [0.15, 0.2) is 18.2 Å². The zero-order valence-corrected chi connectivity index (χ0v) is 11.0. The van der Waals surface area contributed by atoms with Gasteiger partial charge < -0.3 is 9.64 Å². The SMILES string of the molecule is C#CC1CC(=O)N(c2ccc(C(C)=O)c(OC)c2)C1. The average Bonchev–Trinajstić information content (AvgIpc) is 2.79. The maximum Gasteiger partial charge on any atom is 0.228 e. The van der Waals surface area contributed by atoms with E-state index in [1.54, 1.807) is 23.1 Å². The van der Waals surface area contributed by atoms with Crippen molar-refractivity contribution in [2.75, 3.05) is 18.6 Å². The van der Waals surface area contributed by atoms with Gasteiger partial charge in [-0.25, -0.2) is 0 Å². The van der Waals surface area contributed by atoms with Crippen LogP contribution in [0, 0.1) is 18.3 Å². The van der Waals surface area contributed by atoms with E-state index < -0.39 is 0 Å². The molecule has 1 saturated heterocycles. The summed E-state index contributed by atoms with van der Waals surface area (Å²) in [6.45, 7) is 1.99. The fourth-order valence-corrected chi connectivity index (χ4v) is 2.21. The van der Waals surface area contributed by atoms with Crippen molar-refractivity contribution in [2.45, 2.75) is 13.3 Å². The first-order valence-corrected chi connectivity index (χ1v) is 6.02. The normalized spacial score (nSPS) is 18.3. The number of ketones is 1. The van der Waals surface area contributed by atoms with Gasteiger partial charge in [-0.1, -0.05) is 0 Å². The fourth-order valence-electron chi connectivity index (χ4n) is 2.21. The number of nitrogens with zero attached hydrogens (tertiary/aromatic N) is 1. The van der Waals surface area contributed by atoms with Gasteiger partial charge in [0, 0.05) is 30.6 Å². The largest absolute Gasteiger partial charge is 0.496 e. The second kappa shape index (κ2) is 5.15. The number of methoxy groups -OCH3 is 1. The Labute approximate surface area is 112 Å². The van der Waals surface area contributed by atoms with Crippen LogP contribution in [0.4, 0.5) is 5.69 Å². The predicted molar refractivity (Wildman–Crippen MR) is 72.3 cm³/mol. The Morgan fingerprint density at radius 1 is 1.53 bits per heavy atom. The molecule has 1 fully saturated rings. The summed E-state index contributed by atoms with van der Waals surface area (Å²) in [5.74, 6) is 2.96. The number of benzene rings is 1. The van der Waals surface area contributed by atoms with Crippen LogP contribution in [-0.4, -0.2) is 25.3 Å². The lowest BCUT2D eigenvalue weighted by molar-refractivity contribution is -0.117. The molecule has 98 valence electrons. The molecule has 1 amide bonds. The number of hydrogen-bond donors (Lipinski definition) is 0. The zero-order valence-electron chi connectivity index (χ0n) is 11.0. The van der Waals surface area contributed by atoms with Gasteiger partial charge in [0.2, 0.25) is 5.91 Å². The smallest absolute Gasteiger partial charge is 0.228 e. The summed E-state index contributed by atoms with van der Waals surface area (Å²) in [7, 11) is 1.50. The lowest BCUT2D eigenvalue weighted by Crippen LogP contribution is -2.24. The van der Waals surface area contributed by atoms with Crippen molar-refractivity contribution in [2.24, 2.45) is 5.92 Å². The molecule has 1 aliphatic heterocycles. The molecule has 0 aliphatic carbocycles. The summed E-state index contributed by atoms with van der Waals surface area (Å²) in [4.78, 5) is 25.0. The second-order valence-electron chi connectivity index (χ2n) is 4.51. The molecule has 1 aromatic rings. The fraction of sp³-hybridized carbons (Fsp3) is 0.333. The monoisotopic (exact) mass is 257 g/mol. The third-order valence-corrected chi connectivity index (χ3v) is 3.24. The van der Waals surface area contributed by atoms with Crippen LogP contribution in [0.2, 0.25) is 0 Å². The molecule has 0 aromatic heterocycles. The van der Waals surface area contributed by atoms with Gasteiger partial charge in [-0.05, 0) is 19.1 Å². The molecule has 0 bridgehead atoms. The molecular formula is C15H15NO3. The first-order valence-electron chi connectivity index (χ1n) is 6.02. The molecule has 1 aliphatic rings. The summed E-state index contributed by atoms with van der Waals surface area (Å²) in [6.07, 6.45) is 5.73. The van der Waals surface area contributed by atoms with Crippen molar-refractivity contribution in [3.05, 3.63) is 23.8 Å². The van der Waals surface area contributed by atoms with Gasteiger partial charge in [0.1, 0.15) is 5.75 Å². The predicted octanol–water partition coefficient (Wildman–Crippen LogP) is 1.88. The quantitative estimate of drug-likeness (QED) is 0.613. The molecule has 0 saturated carbocycles. The summed E-state index contributed by atoms with van der Waals surface area (Å²) >= 11 is 0. The highest BCUT2D eigenvalue weighted by atomic mass is 16.5. The Morgan fingerprint density at radius 2 is 2.26 bits per heavy atom. The number of Topliss-reactive ketones (excluding diaryl/α,β-unsaturated/α-hetero) is 1. The second-order valence-corrected chi connectivity index (χ2v) is 4.51. The van der Waals surface area contributed by atoms with Gasteiger partial charge in [0.25, 0.3) is 0 Å². The summed E-state index contributed by atoms with van der Waals surface area (Å²) in [6, 6.07) is 5.12. The Balaban J connectivity index is 2.35. The van der Waals surface area contributed by atoms with E-state index in [0.717, 1.165) is 0 Å². The van der Waals surface area contributed by atoms with Gasteiger partial charge in [0.15, 0.2) is 5.78 Å². The minimum atomic E-state index is -0.0716. The maximum absolute atomic E-state index is 11.9. The lowest BCUT2D eigenvalue weighted by atomic mass is 10.1. The van der Waals surface area contributed by atoms with E-state index in [2.05, 4.69) is 5.92 Å². The third-order valence-electron chi connectivity index (χ3n) is 3.24. The summed E-state index contributed by atoms with van der Waals surface area (Å²) in [5, 5.41) is 0. The van der Waals surface area contributed by atoms with Crippen molar-refractivity contribution in [1.29, 1.82) is 0 Å². The van der Waals surface area contributed by atoms with Crippen molar-refractivity contribution >= 4 is 17.4 Å². The first kappa shape index (κ1) is 13.2. The van der Waals surface area contributed by atoms with E-state index in [-0.39, 0.29) is 17.6 Å². The van der Waals surface area contributed by atoms with E-state index in [4.69, 9.17) is 11.2 Å². The topological polar surface area (TPSA) is 46.6 Å². The van der Waals surface area contributed by atoms with Crippen LogP contribution in [0.1, 0.15) is 23.7 Å². The molecule has 4 heteroatoms. The standard InChI is InChI=1S/C15H15NO3/c1-4-11-7-15(18)16(9-11)12-5-6-13(10(2)17)14(8-12)19-3/h1,5-6,8,11H,7,9H2,2-3H3. The number of anilines is 1. The van der Waals surface area contributed by atoms with Crippen LogP contribution in [0.5, 0.6) is 5.75 Å². The zero-order chi connectivity index (χ0) is 14.0. The van der Waals surface area contributed by atoms with E-state index >= 15 is 0 Å². The van der Waals surface area contributed by atoms with Crippen molar-refractivity contribution in [3.63, 3.8) is 0 Å². The highest BCUT2D eigenvalue weighted by molar-refractivity contribution is 6.00. The molecule has 1 atom stereocenters. The van der Waals surface area contributed by atoms with E-state index in [9.17, 15) is 9.59 Å². The Bertz CT molecular complexity index is 571. The minimum Gasteiger partial charge on any atom is -0.496 e. The molecule has 0 radical (unpaired) electrons. The first-order chi connectivity index (χ1) is 9.06. The number of amides is 1. The van der Waals surface area contributed by atoms with E-state index in [1.807, 2.05) is 0 Å². The van der Waals surface area contributed by atoms with Crippen molar-refractivity contribution in [1.82, 2.24) is 0 Å². The molecule has 19 heavy (non-hydrogen) atoms. The third kappa shape index (κ3) is 2.45. The van der Waals surface area contributed by atoms with Crippen LogP contribution in [-0.2, 0) is 4.79 Å². The molecule has 0 N–H and O–H groups in total. The number of hydrogen-bond acceptors (Lipinski definition) is 3. The number of carbonyl (C=O) groups excluding carboxylic acids is 2. The number of rotatable bonds is 3.